The summed E-state index contributed by atoms with van der Waals surface area (Å²) in [6.07, 6.45) is 2.34. The Morgan fingerprint density at radius 1 is 1.69 bits per heavy atom. The first-order valence-corrected chi connectivity index (χ1v) is 4.14. The van der Waals surface area contributed by atoms with Crippen molar-refractivity contribution in [1.29, 1.82) is 0 Å². The second-order valence-corrected chi connectivity index (χ2v) is 3.16. The molecule has 70 valence electrons. The molecule has 2 rings (SSSR count). The SMILES string of the molecule is O=C(O)n1c(CO)cnc1C1CC1. The van der Waals surface area contributed by atoms with Gasteiger partial charge in [-0.15, -0.1) is 0 Å². The molecule has 13 heavy (non-hydrogen) atoms. The van der Waals surface area contributed by atoms with Crippen molar-refractivity contribution < 1.29 is 15.0 Å². The minimum Gasteiger partial charge on any atom is -0.464 e. The zero-order valence-corrected chi connectivity index (χ0v) is 6.97. The van der Waals surface area contributed by atoms with Crippen LogP contribution in [0.3, 0.4) is 0 Å². The van der Waals surface area contributed by atoms with E-state index in [1.807, 2.05) is 0 Å². The second kappa shape index (κ2) is 2.85. The Bertz CT molecular complexity index is 341. The highest BCUT2D eigenvalue weighted by Crippen LogP contribution is 2.39. The summed E-state index contributed by atoms with van der Waals surface area (Å²) < 4.78 is 1.08. The molecule has 1 fully saturated rings. The van der Waals surface area contributed by atoms with Gasteiger partial charge in [0.15, 0.2) is 0 Å². The van der Waals surface area contributed by atoms with Crippen molar-refractivity contribution in [2.45, 2.75) is 25.4 Å². The van der Waals surface area contributed by atoms with Crippen molar-refractivity contribution in [2.24, 2.45) is 0 Å². The van der Waals surface area contributed by atoms with Crippen LogP contribution in [0.4, 0.5) is 4.79 Å². The lowest BCUT2D eigenvalue weighted by molar-refractivity contribution is 0.191. The standard InChI is InChI=1S/C8H10N2O3/c11-4-6-3-9-7(5-1-2-5)10(6)8(12)13/h3,5,11H,1-2,4H2,(H,12,13). The monoisotopic (exact) mass is 182 g/mol. The number of carboxylic acid groups (broad SMARTS) is 1. The molecular weight excluding hydrogens is 172 g/mol. The maximum Gasteiger partial charge on any atom is 0.417 e. The second-order valence-electron chi connectivity index (χ2n) is 3.16. The summed E-state index contributed by atoms with van der Waals surface area (Å²) in [5, 5.41) is 17.7. The van der Waals surface area contributed by atoms with Gasteiger partial charge in [-0.3, -0.25) is 0 Å². The number of aliphatic hydroxyl groups is 1. The van der Waals surface area contributed by atoms with E-state index in [2.05, 4.69) is 4.98 Å². The Hall–Kier alpha value is -1.36. The summed E-state index contributed by atoms with van der Waals surface area (Å²) in [4.78, 5) is 14.8. The van der Waals surface area contributed by atoms with Gasteiger partial charge in [-0.05, 0) is 12.8 Å². The van der Waals surface area contributed by atoms with Gasteiger partial charge in [0.05, 0.1) is 18.5 Å². The van der Waals surface area contributed by atoms with Crippen LogP contribution in [0.25, 0.3) is 0 Å². The van der Waals surface area contributed by atoms with Crippen LogP contribution in [-0.4, -0.2) is 25.9 Å². The topological polar surface area (TPSA) is 75.3 Å². The lowest BCUT2D eigenvalue weighted by Crippen LogP contribution is -2.14. The quantitative estimate of drug-likeness (QED) is 0.708. The Labute approximate surface area is 74.6 Å². The van der Waals surface area contributed by atoms with Crippen LogP contribution in [0.15, 0.2) is 6.20 Å². The van der Waals surface area contributed by atoms with E-state index in [1.165, 1.54) is 6.20 Å². The minimum absolute atomic E-state index is 0.274. The first-order valence-electron chi connectivity index (χ1n) is 4.14. The van der Waals surface area contributed by atoms with Crippen LogP contribution in [-0.2, 0) is 6.61 Å². The molecule has 1 aliphatic carbocycles. The van der Waals surface area contributed by atoms with Crippen LogP contribution in [0, 0.1) is 0 Å². The highest BCUT2D eigenvalue weighted by atomic mass is 16.4. The first kappa shape index (κ1) is 8.25. The van der Waals surface area contributed by atoms with E-state index < -0.39 is 6.09 Å². The molecular formula is C8H10N2O3. The van der Waals surface area contributed by atoms with E-state index in [1.54, 1.807) is 0 Å². The van der Waals surface area contributed by atoms with Gasteiger partial charge in [-0.2, -0.15) is 0 Å². The van der Waals surface area contributed by atoms with Crippen LogP contribution in [0.2, 0.25) is 0 Å². The van der Waals surface area contributed by atoms with Gasteiger partial charge in [-0.25, -0.2) is 14.3 Å². The average Bonchev–Trinajstić information content (AvgIpc) is 2.84. The van der Waals surface area contributed by atoms with Crippen LogP contribution >= 0.6 is 0 Å². The molecule has 1 aromatic heterocycles. The largest absolute Gasteiger partial charge is 0.464 e. The Morgan fingerprint density at radius 3 is 2.85 bits per heavy atom. The number of carbonyl (C=O) groups is 1. The molecule has 0 unspecified atom stereocenters. The fourth-order valence-corrected chi connectivity index (χ4v) is 1.37. The highest BCUT2D eigenvalue weighted by Gasteiger charge is 2.31. The fraction of sp³-hybridized carbons (Fsp3) is 0.500. The lowest BCUT2D eigenvalue weighted by Gasteiger charge is -2.02. The minimum atomic E-state index is -1.07. The number of hydrogen-bond donors (Lipinski definition) is 2. The van der Waals surface area contributed by atoms with Crippen molar-refractivity contribution in [3.05, 3.63) is 17.7 Å². The van der Waals surface area contributed by atoms with Crippen molar-refractivity contribution >= 4 is 6.09 Å². The number of imidazole rings is 1. The van der Waals surface area contributed by atoms with E-state index in [4.69, 9.17) is 10.2 Å². The zero-order chi connectivity index (χ0) is 9.42. The molecule has 1 aromatic rings. The number of rotatable bonds is 2. The molecule has 0 atom stereocenters. The van der Waals surface area contributed by atoms with Crippen molar-refractivity contribution in [1.82, 2.24) is 9.55 Å². The van der Waals surface area contributed by atoms with Crippen molar-refractivity contribution in [3.8, 4) is 0 Å². The number of aromatic nitrogens is 2. The molecule has 1 aliphatic rings. The number of nitrogens with zero attached hydrogens (tertiary/aromatic N) is 2. The predicted molar refractivity (Wildman–Crippen MR) is 43.5 cm³/mol. The molecule has 0 bridgehead atoms. The van der Waals surface area contributed by atoms with Gasteiger partial charge in [0.1, 0.15) is 5.82 Å². The van der Waals surface area contributed by atoms with Gasteiger partial charge in [-0.1, -0.05) is 0 Å². The number of aliphatic hydroxyl groups excluding tert-OH is 1. The molecule has 0 radical (unpaired) electrons. The smallest absolute Gasteiger partial charge is 0.417 e. The molecule has 5 heteroatoms. The van der Waals surface area contributed by atoms with Gasteiger partial charge in [0.2, 0.25) is 0 Å². The van der Waals surface area contributed by atoms with E-state index in [0.717, 1.165) is 17.4 Å². The van der Waals surface area contributed by atoms with Crippen molar-refractivity contribution in [3.63, 3.8) is 0 Å². The molecule has 0 amide bonds. The molecule has 0 aliphatic heterocycles. The lowest BCUT2D eigenvalue weighted by atomic mass is 10.4. The summed E-state index contributed by atoms with van der Waals surface area (Å²) in [5.41, 5.74) is 0.342. The summed E-state index contributed by atoms with van der Waals surface area (Å²) in [5.74, 6) is 0.841. The Balaban J connectivity index is 2.44. The van der Waals surface area contributed by atoms with Crippen molar-refractivity contribution in [2.75, 3.05) is 0 Å². The number of hydrogen-bond acceptors (Lipinski definition) is 3. The molecule has 1 saturated carbocycles. The average molecular weight is 182 g/mol. The molecule has 0 spiro atoms. The molecule has 1 heterocycles. The molecule has 5 nitrogen and oxygen atoms in total. The third kappa shape index (κ3) is 1.31. The van der Waals surface area contributed by atoms with E-state index >= 15 is 0 Å². The Kier molecular flexibility index (Phi) is 1.81. The third-order valence-electron chi connectivity index (χ3n) is 2.16. The summed E-state index contributed by atoms with van der Waals surface area (Å²) in [6.45, 7) is -0.286. The maximum absolute atomic E-state index is 10.8. The van der Waals surface area contributed by atoms with Crippen LogP contribution in [0.1, 0.15) is 30.3 Å². The molecule has 0 aromatic carbocycles. The zero-order valence-electron chi connectivity index (χ0n) is 6.97. The predicted octanol–water partition coefficient (Wildman–Crippen LogP) is 0.779. The first-order chi connectivity index (χ1) is 6.24. The van der Waals surface area contributed by atoms with Gasteiger partial charge >= 0.3 is 6.09 Å². The molecule has 2 N–H and O–H groups in total. The summed E-state index contributed by atoms with van der Waals surface area (Å²) >= 11 is 0. The van der Waals surface area contributed by atoms with E-state index in [0.29, 0.717) is 11.5 Å². The normalized spacial score (nSPS) is 16.1. The van der Waals surface area contributed by atoms with Crippen LogP contribution < -0.4 is 0 Å². The highest BCUT2D eigenvalue weighted by molar-refractivity contribution is 5.70. The maximum atomic E-state index is 10.8. The summed E-state index contributed by atoms with van der Waals surface area (Å²) in [6, 6.07) is 0. The summed E-state index contributed by atoms with van der Waals surface area (Å²) in [7, 11) is 0. The van der Waals surface area contributed by atoms with Crippen LogP contribution in [0.5, 0.6) is 0 Å². The van der Waals surface area contributed by atoms with E-state index in [-0.39, 0.29) is 12.5 Å². The Morgan fingerprint density at radius 2 is 2.38 bits per heavy atom. The molecule has 0 saturated heterocycles. The van der Waals surface area contributed by atoms with Gasteiger partial charge < -0.3 is 10.2 Å². The van der Waals surface area contributed by atoms with Gasteiger partial charge in [0, 0.05) is 5.92 Å². The third-order valence-corrected chi connectivity index (χ3v) is 2.16. The van der Waals surface area contributed by atoms with Gasteiger partial charge in [0.25, 0.3) is 0 Å². The fourth-order valence-electron chi connectivity index (χ4n) is 1.37. The van der Waals surface area contributed by atoms with E-state index in [9.17, 15) is 4.79 Å².